The van der Waals surface area contributed by atoms with Crippen LogP contribution in [0.15, 0.2) is 36.4 Å². The monoisotopic (exact) mass is 299 g/mol. The molecule has 0 aliphatic carbocycles. The maximum atomic E-state index is 9.29. The van der Waals surface area contributed by atoms with Gasteiger partial charge in [0.05, 0.1) is 19.7 Å². The molecule has 1 aromatic carbocycles. The minimum Gasteiger partial charge on any atom is -0.376 e. The molecule has 0 bridgehead atoms. The average Bonchev–Trinajstić information content (AvgIpc) is 2.94. The molecule has 1 unspecified atom stereocenters. The first-order valence-corrected chi connectivity index (χ1v) is 8.24. The molecule has 1 aromatic rings. The highest BCUT2D eigenvalue weighted by Gasteiger charge is 2.40. The van der Waals surface area contributed by atoms with Crippen molar-refractivity contribution in [3.05, 3.63) is 42.0 Å². The topological polar surface area (TPSA) is 33.0 Å². The fourth-order valence-electron chi connectivity index (χ4n) is 3.39. The van der Waals surface area contributed by atoms with Crippen molar-refractivity contribution in [3.8, 4) is 6.07 Å². The molecule has 1 aliphatic rings. The zero-order valence-electron chi connectivity index (χ0n) is 13.8. The summed E-state index contributed by atoms with van der Waals surface area (Å²) in [5, 5.41) is 9.29. The molecule has 1 saturated heterocycles. The van der Waals surface area contributed by atoms with Gasteiger partial charge in [-0.05, 0) is 31.1 Å². The van der Waals surface area contributed by atoms with Gasteiger partial charge in [0.25, 0.3) is 0 Å². The molecule has 2 atom stereocenters. The van der Waals surface area contributed by atoms with Crippen molar-refractivity contribution in [2.45, 2.75) is 32.7 Å². The molecule has 22 heavy (non-hydrogen) atoms. The average molecular weight is 299 g/mol. The minimum atomic E-state index is 0.458. The molecule has 3 heteroatoms. The normalized spacial score (nSPS) is 25.1. The minimum absolute atomic E-state index is 0.458. The molecule has 0 aromatic heterocycles. The summed E-state index contributed by atoms with van der Waals surface area (Å²) in [4.78, 5) is 0. The third-order valence-corrected chi connectivity index (χ3v) is 4.81. The Bertz CT molecular complexity index is 532. The van der Waals surface area contributed by atoms with Crippen molar-refractivity contribution in [2.75, 3.05) is 32.8 Å². The Morgan fingerprint density at radius 1 is 1.41 bits per heavy atom. The second-order valence-electron chi connectivity index (χ2n) is 6.15. The van der Waals surface area contributed by atoms with Crippen molar-refractivity contribution in [1.29, 1.82) is 5.26 Å². The van der Waals surface area contributed by atoms with E-state index < -0.39 is 0 Å². The molecular formula is C19H27N2O+. The lowest BCUT2D eigenvalue weighted by atomic mass is 10.1. The van der Waals surface area contributed by atoms with Crippen molar-refractivity contribution in [3.63, 3.8) is 0 Å². The highest BCUT2D eigenvalue weighted by molar-refractivity contribution is 5.63. The van der Waals surface area contributed by atoms with Crippen molar-refractivity contribution in [1.82, 2.24) is 0 Å². The smallest absolute Gasteiger partial charge is 0.167 e. The third kappa shape index (κ3) is 3.97. The number of ether oxygens (including phenoxy) is 1. The molecule has 118 valence electrons. The number of allylic oxidation sites excluding steroid dienone is 1. The summed E-state index contributed by atoms with van der Waals surface area (Å²) in [7, 11) is 0. The van der Waals surface area contributed by atoms with E-state index in [9.17, 15) is 5.26 Å². The van der Waals surface area contributed by atoms with Gasteiger partial charge in [-0.1, -0.05) is 30.3 Å². The molecular weight excluding hydrogens is 272 g/mol. The summed E-state index contributed by atoms with van der Waals surface area (Å²) in [6.45, 7) is 8.31. The molecule has 1 fully saturated rings. The molecule has 1 aliphatic heterocycles. The van der Waals surface area contributed by atoms with Gasteiger partial charge in [-0.3, -0.25) is 0 Å². The maximum absolute atomic E-state index is 9.29. The van der Waals surface area contributed by atoms with Crippen LogP contribution in [0.1, 0.15) is 32.3 Å². The fraction of sp³-hybridized carbons (Fsp3) is 0.526. The first-order valence-electron chi connectivity index (χ1n) is 8.24. The van der Waals surface area contributed by atoms with Crippen molar-refractivity contribution in [2.24, 2.45) is 0 Å². The quantitative estimate of drug-likeness (QED) is 0.569. The van der Waals surface area contributed by atoms with Gasteiger partial charge in [-0.2, -0.15) is 5.26 Å². The summed E-state index contributed by atoms with van der Waals surface area (Å²) in [6, 6.07) is 13.3. The van der Waals surface area contributed by atoms with Gasteiger partial charge in [-0.15, -0.1) is 0 Å². The Balaban J connectivity index is 2.13. The Morgan fingerprint density at radius 2 is 2.18 bits per heavy atom. The van der Waals surface area contributed by atoms with Crippen LogP contribution < -0.4 is 0 Å². The van der Waals surface area contributed by atoms with Gasteiger partial charge in [0.2, 0.25) is 0 Å². The SMILES string of the molecule is CCOC[C@@H]1CCC[N+]1(CC#N)C/C=C(\C)c1ccccc1. The molecule has 0 amide bonds. The Kier molecular flexibility index (Phi) is 6.18. The number of nitriles is 1. The van der Waals surface area contributed by atoms with Crippen LogP contribution in [0.4, 0.5) is 0 Å². The van der Waals surface area contributed by atoms with Crippen LogP contribution in [-0.4, -0.2) is 43.4 Å². The van der Waals surface area contributed by atoms with E-state index in [0.29, 0.717) is 12.6 Å². The Morgan fingerprint density at radius 3 is 2.86 bits per heavy atom. The lowest BCUT2D eigenvalue weighted by Crippen LogP contribution is -2.53. The standard InChI is InChI=1S/C19H27N2O/c1-3-22-16-19-10-7-13-21(19,15-12-20)14-11-17(2)18-8-5-4-6-9-18/h4-6,8-9,11,19H,3,7,10,13-16H2,1-2H3/q+1/b17-11+/t19-,21?/m0/s1. The van der Waals surface area contributed by atoms with Gasteiger partial charge in [-0.25, -0.2) is 0 Å². The molecule has 0 spiro atoms. The number of quaternary nitrogens is 1. The predicted molar refractivity (Wildman–Crippen MR) is 90.1 cm³/mol. The van der Waals surface area contributed by atoms with Crippen molar-refractivity contribution >= 4 is 5.57 Å². The van der Waals surface area contributed by atoms with Crippen LogP contribution in [0.5, 0.6) is 0 Å². The number of benzene rings is 1. The summed E-state index contributed by atoms with van der Waals surface area (Å²) in [5.74, 6) is 0. The van der Waals surface area contributed by atoms with Crippen LogP contribution in [0.2, 0.25) is 0 Å². The van der Waals surface area contributed by atoms with Crippen LogP contribution in [0, 0.1) is 11.3 Å². The van der Waals surface area contributed by atoms with Gasteiger partial charge in [0.15, 0.2) is 6.54 Å². The maximum Gasteiger partial charge on any atom is 0.167 e. The second kappa shape index (κ2) is 8.12. The predicted octanol–water partition coefficient (Wildman–Crippen LogP) is 3.63. The zero-order valence-corrected chi connectivity index (χ0v) is 13.8. The number of nitrogens with zero attached hydrogens (tertiary/aromatic N) is 2. The van der Waals surface area contributed by atoms with Crippen LogP contribution in [0.25, 0.3) is 5.57 Å². The summed E-state index contributed by atoms with van der Waals surface area (Å²) >= 11 is 0. The van der Waals surface area contributed by atoms with E-state index in [1.54, 1.807) is 0 Å². The van der Waals surface area contributed by atoms with Gasteiger partial charge >= 0.3 is 0 Å². The summed E-state index contributed by atoms with van der Waals surface area (Å²) in [5.41, 5.74) is 2.55. The number of likely N-dealkylation sites (tertiary alicyclic amines) is 1. The van der Waals surface area contributed by atoms with E-state index in [-0.39, 0.29) is 0 Å². The summed E-state index contributed by atoms with van der Waals surface area (Å²) < 4.78 is 6.53. The molecule has 3 nitrogen and oxygen atoms in total. The van der Waals surface area contributed by atoms with Gasteiger partial charge in [0, 0.05) is 19.4 Å². The van der Waals surface area contributed by atoms with Gasteiger partial charge in [0.1, 0.15) is 12.1 Å². The zero-order chi connectivity index (χ0) is 15.8. The largest absolute Gasteiger partial charge is 0.376 e. The number of hydrogen-bond acceptors (Lipinski definition) is 2. The Hall–Kier alpha value is -1.63. The first-order chi connectivity index (χ1) is 10.7. The van der Waals surface area contributed by atoms with Crippen molar-refractivity contribution < 1.29 is 9.22 Å². The molecule has 1 heterocycles. The van der Waals surface area contributed by atoms with E-state index in [4.69, 9.17) is 4.74 Å². The summed E-state index contributed by atoms with van der Waals surface area (Å²) in [6.07, 6.45) is 4.66. The Labute approximate surface area is 134 Å². The number of rotatable bonds is 7. The molecule has 0 radical (unpaired) electrons. The van der Waals surface area contributed by atoms with Gasteiger partial charge < -0.3 is 9.22 Å². The number of hydrogen-bond donors (Lipinski definition) is 0. The highest BCUT2D eigenvalue weighted by atomic mass is 16.5. The van der Waals surface area contributed by atoms with E-state index in [0.717, 1.165) is 30.8 Å². The fourth-order valence-corrected chi connectivity index (χ4v) is 3.39. The highest BCUT2D eigenvalue weighted by Crippen LogP contribution is 2.28. The lowest BCUT2D eigenvalue weighted by molar-refractivity contribution is -0.928. The van der Waals surface area contributed by atoms with E-state index in [1.807, 2.05) is 13.0 Å². The first kappa shape index (κ1) is 16.7. The molecule has 0 N–H and O–H groups in total. The van der Waals surface area contributed by atoms with E-state index in [2.05, 4.69) is 43.3 Å². The lowest BCUT2D eigenvalue weighted by Gasteiger charge is -2.37. The van der Waals surface area contributed by atoms with Crippen LogP contribution in [-0.2, 0) is 4.74 Å². The van der Waals surface area contributed by atoms with E-state index >= 15 is 0 Å². The molecule has 0 saturated carbocycles. The van der Waals surface area contributed by atoms with Crippen LogP contribution in [0.3, 0.4) is 0 Å². The molecule has 2 rings (SSSR count). The van der Waals surface area contributed by atoms with E-state index in [1.165, 1.54) is 24.0 Å². The second-order valence-corrected chi connectivity index (χ2v) is 6.15. The third-order valence-electron chi connectivity index (χ3n) is 4.81. The van der Waals surface area contributed by atoms with Crippen LogP contribution >= 0.6 is 0 Å².